The number of thiazole rings is 1. The zero-order valence-electron chi connectivity index (χ0n) is 9.70. The van der Waals surface area contributed by atoms with Crippen molar-refractivity contribution in [2.24, 2.45) is 0 Å². The van der Waals surface area contributed by atoms with Crippen LogP contribution in [0.25, 0.3) is 21.5 Å². The van der Waals surface area contributed by atoms with Gasteiger partial charge in [-0.1, -0.05) is 18.2 Å². The van der Waals surface area contributed by atoms with Gasteiger partial charge in [-0.05, 0) is 6.07 Å². The van der Waals surface area contributed by atoms with Crippen molar-refractivity contribution in [1.82, 2.24) is 9.97 Å². The Morgan fingerprint density at radius 1 is 1.32 bits per heavy atom. The fourth-order valence-corrected chi connectivity index (χ4v) is 2.71. The summed E-state index contributed by atoms with van der Waals surface area (Å²) < 4.78 is 0. The number of rotatable bonds is 2. The normalized spacial score (nSPS) is 10.7. The monoisotopic (exact) mass is 271 g/mol. The molecule has 0 amide bonds. The fraction of sp³-hybridized carbons (Fsp3) is 0. The van der Waals surface area contributed by atoms with Crippen LogP contribution in [0.4, 0.5) is 5.82 Å². The van der Waals surface area contributed by atoms with E-state index in [-0.39, 0.29) is 11.4 Å². The predicted octanol–water partition coefficient (Wildman–Crippen LogP) is 2.64. The second-order valence-corrected chi connectivity index (χ2v) is 4.80. The molecule has 0 atom stereocenters. The Bertz CT molecular complexity index is 769. The molecule has 0 aliphatic carbocycles. The minimum Gasteiger partial charge on any atom is -0.478 e. The van der Waals surface area contributed by atoms with Crippen LogP contribution in [-0.2, 0) is 0 Å². The summed E-state index contributed by atoms with van der Waals surface area (Å²) in [6, 6.07) is 7.04. The second kappa shape index (κ2) is 4.33. The summed E-state index contributed by atoms with van der Waals surface area (Å²) in [6.07, 6.45) is 1.61. The lowest BCUT2D eigenvalue weighted by molar-refractivity contribution is 0.0700. The minimum absolute atomic E-state index is 0.151. The lowest BCUT2D eigenvalue weighted by Gasteiger charge is -2.10. The van der Waals surface area contributed by atoms with E-state index in [1.807, 2.05) is 0 Å². The third-order valence-electron chi connectivity index (χ3n) is 2.78. The van der Waals surface area contributed by atoms with E-state index in [0.717, 1.165) is 0 Å². The lowest BCUT2D eigenvalue weighted by atomic mass is 10.0. The van der Waals surface area contributed by atoms with Crippen LogP contribution < -0.4 is 5.73 Å². The number of nitrogen functional groups attached to an aromatic ring is 1. The number of para-hydroxylation sites is 1. The van der Waals surface area contributed by atoms with Gasteiger partial charge in [-0.25, -0.2) is 14.8 Å². The SMILES string of the molecule is Nc1nc2ccccc2c(C(=O)O)c1-c1nccs1. The summed E-state index contributed by atoms with van der Waals surface area (Å²) in [5, 5.41) is 12.4. The summed E-state index contributed by atoms with van der Waals surface area (Å²) in [5.74, 6) is -0.846. The topological polar surface area (TPSA) is 89.1 Å². The van der Waals surface area contributed by atoms with Gasteiger partial charge in [0.25, 0.3) is 0 Å². The number of carboxylic acids is 1. The summed E-state index contributed by atoms with van der Waals surface area (Å²) in [4.78, 5) is 20.0. The Kier molecular flexibility index (Phi) is 2.64. The second-order valence-electron chi connectivity index (χ2n) is 3.91. The number of benzene rings is 1. The molecule has 6 heteroatoms. The van der Waals surface area contributed by atoms with Crippen molar-refractivity contribution in [2.45, 2.75) is 0 Å². The average Bonchev–Trinajstić information content (AvgIpc) is 2.90. The van der Waals surface area contributed by atoms with E-state index in [4.69, 9.17) is 5.73 Å². The van der Waals surface area contributed by atoms with Gasteiger partial charge in [-0.3, -0.25) is 0 Å². The Morgan fingerprint density at radius 2 is 2.11 bits per heavy atom. The molecule has 2 heterocycles. The molecule has 0 bridgehead atoms. The van der Waals surface area contributed by atoms with Crippen LogP contribution in [0.15, 0.2) is 35.8 Å². The van der Waals surface area contributed by atoms with Gasteiger partial charge in [-0.15, -0.1) is 11.3 Å². The molecule has 1 aromatic carbocycles. The smallest absolute Gasteiger partial charge is 0.337 e. The van der Waals surface area contributed by atoms with Gasteiger partial charge >= 0.3 is 5.97 Å². The number of fused-ring (bicyclic) bond motifs is 1. The van der Waals surface area contributed by atoms with Gasteiger partial charge in [0.1, 0.15) is 10.8 Å². The number of carboxylic acid groups (broad SMARTS) is 1. The molecule has 0 saturated carbocycles. The number of anilines is 1. The molecular formula is C13H9N3O2S. The third-order valence-corrected chi connectivity index (χ3v) is 3.57. The van der Waals surface area contributed by atoms with Gasteiger partial charge in [0.05, 0.1) is 16.6 Å². The zero-order valence-corrected chi connectivity index (χ0v) is 10.5. The molecule has 0 saturated heterocycles. The molecule has 5 nitrogen and oxygen atoms in total. The van der Waals surface area contributed by atoms with Crippen LogP contribution >= 0.6 is 11.3 Å². The molecule has 2 aromatic heterocycles. The van der Waals surface area contributed by atoms with E-state index in [2.05, 4.69) is 9.97 Å². The number of hydrogen-bond donors (Lipinski definition) is 2. The largest absolute Gasteiger partial charge is 0.478 e. The average molecular weight is 271 g/mol. The quantitative estimate of drug-likeness (QED) is 0.748. The maximum absolute atomic E-state index is 11.6. The van der Waals surface area contributed by atoms with E-state index in [1.54, 1.807) is 35.8 Å². The third kappa shape index (κ3) is 1.82. The van der Waals surface area contributed by atoms with Crippen LogP contribution in [0, 0.1) is 0 Å². The van der Waals surface area contributed by atoms with E-state index in [9.17, 15) is 9.90 Å². The Balaban J connectivity index is 2.47. The number of aromatic nitrogens is 2. The van der Waals surface area contributed by atoms with Crippen LogP contribution in [0.5, 0.6) is 0 Å². The molecule has 3 rings (SSSR count). The van der Waals surface area contributed by atoms with Crippen LogP contribution in [-0.4, -0.2) is 21.0 Å². The molecule has 0 radical (unpaired) electrons. The van der Waals surface area contributed by atoms with E-state index >= 15 is 0 Å². The molecule has 0 unspecified atom stereocenters. The molecule has 19 heavy (non-hydrogen) atoms. The maximum Gasteiger partial charge on any atom is 0.337 e. The van der Waals surface area contributed by atoms with Gasteiger partial charge in [0.2, 0.25) is 0 Å². The zero-order chi connectivity index (χ0) is 13.4. The molecule has 3 N–H and O–H groups in total. The van der Waals surface area contributed by atoms with Crippen LogP contribution in [0.2, 0.25) is 0 Å². The van der Waals surface area contributed by atoms with Crippen molar-refractivity contribution in [3.63, 3.8) is 0 Å². The van der Waals surface area contributed by atoms with Crippen molar-refractivity contribution in [2.75, 3.05) is 5.73 Å². The summed E-state index contributed by atoms with van der Waals surface area (Å²) in [7, 11) is 0. The highest BCUT2D eigenvalue weighted by Crippen LogP contribution is 2.34. The standard InChI is InChI=1S/C13H9N3O2S/c14-11-10(12-15-5-6-19-12)9(13(17)18)7-3-1-2-4-8(7)16-11/h1-6H,(H2,14,16)(H,17,18). The Labute approximate surface area is 112 Å². The van der Waals surface area contributed by atoms with E-state index < -0.39 is 5.97 Å². The van der Waals surface area contributed by atoms with Crippen molar-refractivity contribution >= 4 is 34.0 Å². The maximum atomic E-state index is 11.6. The molecule has 0 spiro atoms. The van der Waals surface area contributed by atoms with Crippen molar-refractivity contribution in [3.05, 3.63) is 41.4 Å². The Morgan fingerprint density at radius 3 is 2.79 bits per heavy atom. The first-order chi connectivity index (χ1) is 9.18. The van der Waals surface area contributed by atoms with Gasteiger partial charge in [0, 0.05) is 17.0 Å². The van der Waals surface area contributed by atoms with Crippen LogP contribution in [0.1, 0.15) is 10.4 Å². The number of aromatic carboxylic acids is 1. The number of nitrogens with two attached hydrogens (primary N) is 1. The van der Waals surface area contributed by atoms with E-state index in [0.29, 0.717) is 21.5 Å². The highest BCUT2D eigenvalue weighted by molar-refractivity contribution is 7.13. The summed E-state index contributed by atoms with van der Waals surface area (Å²) in [6.45, 7) is 0. The summed E-state index contributed by atoms with van der Waals surface area (Å²) >= 11 is 1.34. The lowest BCUT2D eigenvalue weighted by Crippen LogP contribution is -2.06. The first-order valence-corrected chi connectivity index (χ1v) is 6.38. The van der Waals surface area contributed by atoms with Gasteiger partial charge < -0.3 is 10.8 Å². The number of pyridine rings is 1. The van der Waals surface area contributed by atoms with Crippen molar-refractivity contribution < 1.29 is 9.90 Å². The summed E-state index contributed by atoms with van der Waals surface area (Å²) in [5.41, 5.74) is 7.02. The number of carbonyl (C=O) groups is 1. The highest BCUT2D eigenvalue weighted by atomic mass is 32.1. The fourth-order valence-electron chi connectivity index (χ4n) is 2.02. The van der Waals surface area contributed by atoms with Crippen molar-refractivity contribution in [3.8, 4) is 10.6 Å². The number of hydrogen-bond acceptors (Lipinski definition) is 5. The predicted molar refractivity (Wildman–Crippen MR) is 74.2 cm³/mol. The molecule has 94 valence electrons. The minimum atomic E-state index is -1.03. The molecular weight excluding hydrogens is 262 g/mol. The van der Waals surface area contributed by atoms with E-state index in [1.165, 1.54) is 11.3 Å². The molecule has 3 aromatic rings. The first-order valence-electron chi connectivity index (χ1n) is 5.50. The molecule has 0 aliphatic heterocycles. The first kappa shape index (κ1) is 11.6. The molecule has 0 aliphatic rings. The van der Waals surface area contributed by atoms with Gasteiger partial charge in [-0.2, -0.15) is 0 Å². The van der Waals surface area contributed by atoms with Gasteiger partial charge in [0.15, 0.2) is 0 Å². The van der Waals surface area contributed by atoms with Crippen LogP contribution in [0.3, 0.4) is 0 Å². The highest BCUT2D eigenvalue weighted by Gasteiger charge is 2.21. The molecule has 0 fully saturated rings. The number of nitrogens with zero attached hydrogens (tertiary/aromatic N) is 2. The Hall–Kier alpha value is -2.47. The van der Waals surface area contributed by atoms with Crippen molar-refractivity contribution in [1.29, 1.82) is 0 Å².